The predicted molar refractivity (Wildman–Crippen MR) is 80.4 cm³/mol. The van der Waals surface area contributed by atoms with Crippen molar-refractivity contribution in [1.82, 2.24) is 18.8 Å². The van der Waals surface area contributed by atoms with Crippen LogP contribution in [0.5, 0.6) is 0 Å². The summed E-state index contributed by atoms with van der Waals surface area (Å²) in [5.74, 6) is 0. The van der Waals surface area contributed by atoms with Gasteiger partial charge in [-0.15, -0.1) is 0 Å². The highest BCUT2D eigenvalue weighted by Gasteiger charge is 2.32. The molecule has 0 atom stereocenters. The van der Waals surface area contributed by atoms with Crippen LogP contribution in [-0.2, 0) is 17.1 Å². The van der Waals surface area contributed by atoms with Gasteiger partial charge in [-0.05, 0) is 12.8 Å². The average Bonchev–Trinajstić information content (AvgIpc) is 2.96. The van der Waals surface area contributed by atoms with Crippen molar-refractivity contribution in [2.75, 3.05) is 26.2 Å². The number of hydrogen-bond donors (Lipinski definition) is 0. The lowest BCUT2D eigenvalue weighted by Gasteiger charge is -2.40. The number of imidazole rings is 1. The fourth-order valence-corrected chi connectivity index (χ4v) is 4.80. The van der Waals surface area contributed by atoms with Gasteiger partial charge in [0.15, 0.2) is 5.03 Å². The van der Waals surface area contributed by atoms with Gasteiger partial charge in [-0.25, -0.2) is 13.4 Å². The number of rotatable bonds is 3. The lowest BCUT2D eigenvalue weighted by molar-refractivity contribution is 0.111. The SMILES string of the molecule is Cn1cnc(S(=O)(=O)N2CCN(C3CCCCC3)CC2)c1. The van der Waals surface area contributed by atoms with Crippen LogP contribution in [0.4, 0.5) is 0 Å². The van der Waals surface area contributed by atoms with Crippen molar-refractivity contribution in [3.05, 3.63) is 12.5 Å². The zero-order chi connectivity index (χ0) is 14.9. The third kappa shape index (κ3) is 3.14. The van der Waals surface area contributed by atoms with E-state index in [1.807, 2.05) is 0 Å². The highest BCUT2D eigenvalue weighted by atomic mass is 32.2. The van der Waals surface area contributed by atoms with Gasteiger partial charge >= 0.3 is 0 Å². The molecule has 6 nitrogen and oxygen atoms in total. The van der Waals surface area contributed by atoms with E-state index < -0.39 is 10.0 Å². The highest BCUT2D eigenvalue weighted by Crippen LogP contribution is 2.24. The standard InChI is InChI=1S/C14H24N4O2S/c1-16-11-14(15-12-16)21(19,20)18-9-7-17(8-10-18)13-5-3-2-4-6-13/h11-13H,2-10H2,1H3. The number of aromatic nitrogens is 2. The van der Waals surface area contributed by atoms with Crippen LogP contribution in [0.15, 0.2) is 17.6 Å². The fourth-order valence-electron chi connectivity index (χ4n) is 3.41. The molecule has 0 radical (unpaired) electrons. The van der Waals surface area contributed by atoms with Crippen molar-refractivity contribution in [2.45, 2.75) is 43.2 Å². The van der Waals surface area contributed by atoms with E-state index in [0.717, 1.165) is 13.1 Å². The molecule has 2 fully saturated rings. The zero-order valence-electron chi connectivity index (χ0n) is 12.6. The van der Waals surface area contributed by atoms with Gasteiger partial charge in [0.2, 0.25) is 0 Å². The third-order valence-electron chi connectivity index (χ3n) is 4.65. The molecule has 0 unspecified atom stereocenters. The van der Waals surface area contributed by atoms with E-state index in [2.05, 4.69) is 9.88 Å². The van der Waals surface area contributed by atoms with Crippen LogP contribution >= 0.6 is 0 Å². The topological polar surface area (TPSA) is 58.4 Å². The lowest BCUT2D eigenvalue weighted by Crippen LogP contribution is -2.52. The van der Waals surface area contributed by atoms with Crippen molar-refractivity contribution in [2.24, 2.45) is 7.05 Å². The van der Waals surface area contributed by atoms with Crippen molar-refractivity contribution in [1.29, 1.82) is 0 Å². The first-order valence-electron chi connectivity index (χ1n) is 7.79. The fraction of sp³-hybridized carbons (Fsp3) is 0.786. The molecule has 0 N–H and O–H groups in total. The van der Waals surface area contributed by atoms with Crippen molar-refractivity contribution >= 4 is 10.0 Å². The summed E-state index contributed by atoms with van der Waals surface area (Å²) in [7, 11) is -1.64. The van der Waals surface area contributed by atoms with Gasteiger partial charge in [-0.1, -0.05) is 19.3 Å². The monoisotopic (exact) mass is 312 g/mol. The molecule has 0 amide bonds. The first-order valence-corrected chi connectivity index (χ1v) is 9.23. The van der Waals surface area contributed by atoms with Crippen LogP contribution in [-0.4, -0.2) is 59.4 Å². The summed E-state index contributed by atoms with van der Waals surface area (Å²) >= 11 is 0. The largest absolute Gasteiger partial charge is 0.339 e. The maximum Gasteiger partial charge on any atom is 0.262 e. The summed E-state index contributed by atoms with van der Waals surface area (Å²) in [6.07, 6.45) is 9.63. The maximum atomic E-state index is 12.5. The molecule has 1 aromatic rings. The zero-order valence-corrected chi connectivity index (χ0v) is 13.4. The molecule has 1 aliphatic carbocycles. The summed E-state index contributed by atoms with van der Waals surface area (Å²) in [4.78, 5) is 6.47. The first kappa shape index (κ1) is 15.0. The Bertz CT molecular complexity index is 570. The molecule has 0 spiro atoms. The van der Waals surface area contributed by atoms with Gasteiger partial charge in [0.1, 0.15) is 0 Å². The molecule has 1 saturated carbocycles. The van der Waals surface area contributed by atoms with Gasteiger partial charge in [-0.2, -0.15) is 4.31 Å². The Morgan fingerprint density at radius 1 is 1.10 bits per heavy atom. The molecule has 2 heterocycles. The number of piperazine rings is 1. The highest BCUT2D eigenvalue weighted by molar-refractivity contribution is 7.89. The molecule has 3 rings (SSSR count). The summed E-state index contributed by atoms with van der Waals surface area (Å²) in [5, 5.41) is 0.163. The molecular formula is C14H24N4O2S. The molecule has 1 aromatic heterocycles. The van der Waals surface area contributed by atoms with E-state index in [0.29, 0.717) is 19.1 Å². The molecule has 7 heteroatoms. The minimum Gasteiger partial charge on any atom is -0.339 e. The summed E-state index contributed by atoms with van der Waals surface area (Å²) < 4.78 is 28.3. The summed E-state index contributed by atoms with van der Waals surface area (Å²) in [5.41, 5.74) is 0. The molecule has 0 bridgehead atoms. The minimum absolute atomic E-state index is 0.163. The Morgan fingerprint density at radius 2 is 1.76 bits per heavy atom. The number of sulfonamides is 1. The van der Waals surface area contributed by atoms with E-state index in [4.69, 9.17) is 0 Å². The second-order valence-electron chi connectivity index (χ2n) is 6.11. The van der Waals surface area contributed by atoms with E-state index >= 15 is 0 Å². The Morgan fingerprint density at radius 3 is 2.33 bits per heavy atom. The Labute approximate surface area is 126 Å². The molecule has 1 saturated heterocycles. The molecule has 21 heavy (non-hydrogen) atoms. The van der Waals surface area contributed by atoms with Gasteiger partial charge < -0.3 is 4.57 Å². The smallest absolute Gasteiger partial charge is 0.262 e. The van der Waals surface area contributed by atoms with Crippen LogP contribution in [0.25, 0.3) is 0 Å². The Hall–Kier alpha value is -0.920. The van der Waals surface area contributed by atoms with Crippen LogP contribution < -0.4 is 0 Å². The molecule has 1 aliphatic heterocycles. The quantitative estimate of drug-likeness (QED) is 0.837. The van der Waals surface area contributed by atoms with Gasteiger partial charge in [0.05, 0.1) is 6.33 Å². The second kappa shape index (κ2) is 6.06. The first-order chi connectivity index (χ1) is 10.1. The van der Waals surface area contributed by atoms with Gasteiger partial charge in [0, 0.05) is 45.5 Å². The average molecular weight is 312 g/mol. The molecule has 2 aliphatic rings. The van der Waals surface area contributed by atoms with E-state index in [-0.39, 0.29) is 5.03 Å². The van der Waals surface area contributed by atoms with E-state index in [9.17, 15) is 8.42 Å². The summed E-state index contributed by atoms with van der Waals surface area (Å²) in [6, 6.07) is 0.665. The lowest BCUT2D eigenvalue weighted by atomic mass is 9.94. The molecule has 0 aromatic carbocycles. The molecule has 118 valence electrons. The number of hydrogen-bond acceptors (Lipinski definition) is 4. The van der Waals surface area contributed by atoms with Crippen LogP contribution in [0.2, 0.25) is 0 Å². The van der Waals surface area contributed by atoms with Crippen LogP contribution in [0, 0.1) is 0 Å². The Balaban J connectivity index is 1.62. The van der Waals surface area contributed by atoms with Crippen molar-refractivity contribution in [3.8, 4) is 0 Å². The van der Waals surface area contributed by atoms with Crippen LogP contribution in [0.3, 0.4) is 0 Å². The molecular weight excluding hydrogens is 288 g/mol. The van der Waals surface area contributed by atoms with Gasteiger partial charge in [-0.3, -0.25) is 4.90 Å². The minimum atomic E-state index is -3.42. The third-order valence-corrected chi connectivity index (χ3v) is 6.43. The number of aryl methyl sites for hydroxylation is 1. The predicted octanol–water partition coefficient (Wildman–Crippen LogP) is 1.06. The van der Waals surface area contributed by atoms with Gasteiger partial charge in [0.25, 0.3) is 10.0 Å². The maximum absolute atomic E-state index is 12.5. The van der Waals surface area contributed by atoms with E-state index in [1.54, 1.807) is 22.1 Å². The summed E-state index contributed by atoms with van der Waals surface area (Å²) in [6.45, 7) is 2.85. The van der Waals surface area contributed by atoms with Crippen LogP contribution in [0.1, 0.15) is 32.1 Å². The van der Waals surface area contributed by atoms with Crippen molar-refractivity contribution < 1.29 is 8.42 Å². The second-order valence-corrected chi connectivity index (χ2v) is 7.99. The number of nitrogens with zero attached hydrogens (tertiary/aromatic N) is 4. The Kier molecular flexibility index (Phi) is 4.33. The normalized spacial score (nSPS) is 23.5. The van der Waals surface area contributed by atoms with Crippen molar-refractivity contribution in [3.63, 3.8) is 0 Å². The van der Waals surface area contributed by atoms with E-state index in [1.165, 1.54) is 38.4 Å².